The molecule has 0 saturated carbocycles. The highest BCUT2D eigenvalue weighted by atomic mass is 16.5. The summed E-state index contributed by atoms with van der Waals surface area (Å²) in [5, 5.41) is 21.9. The molecule has 3 N–H and O–H groups in total. The number of aliphatic hydroxyl groups excluding tert-OH is 2. The van der Waals surface area contributed by atoms with Crippen LogP contribution in [0.2, 0.25) is 0 Å². The molecule has 0 bridgehead atoms. The van der Waals surface area contributed by atoms with E-state index in [1.807, 2.05) is 24.3 Å². The third-order valence-electron chi connectivity index (χ3n) is 2.64. The molecule has 19 heavy (non-hydrogen) atoms. The Balaban J connectivity index is 2.18. The molecule has 1 atom stereocenters. The predicted octanol–water partition coefficient (Wildman–Crippen LogP) is 1.30. The maximum atomic E-state index is 9.71. The molecule has 0 fully saturated rings. The van der Waals surface area contributed by atoms with E-state index in [1.54, 1.807) is 0 Å². The molecule has 0 radical (unpaired) electrons. The lowest BCUT2D eigenvalue weighted by molar-refractivity contribution is 0.0260. The van der Waals surface area contributed by atoms with Crippen molar-refractivity contribution in [1.82, 2.24) is 5.32 Å². The Bertz CT molecular complexity index is 355. The monoisotopic (exact) mass is 267 g/mol. The van der Waals surface area contributed by atoms with Crippen molar-refractivity contribution in [2.24, 2.45) is 5.92 Å². The first-order chi connectivity index (χ1) is 9.11. The van der Waals surface area contributed by atoms with Gasteiger partial charge in [0.1, 0.15) is 0 Å². The van der Waals surface area contributed by atoms with E-state index in [-0.39, 0.29) is 6.61 Å². The van der Waals surface area contributed by atoms with Gasteiger partial charge in [0.2, 0.25) is 0 Å². The summed E-state index contributed by atoms with van der Waals surface area (Å²) in [4.78, 5) is 0. The second-order valence-corrected chi connectivity index (χ2v) is 5.19. The highest BCUT2D eigenvalue weighted by Crippen LogP contribution is 2.04. The van der Waals surface area contributed by atoms with Crippen LogP contribution in [-0.2, 0) is 17.9 Å². The number of hydrogen-bond acceptors (Lipinski definition) is 4. The first kappa shape index (κ1) is 16.1. The van der Waals surface area contributed by atoms with Crippen molar-refractivity contribution in [1.29, 1.82) is 0 Å². The number of benzene rings is 1. The maximum absolute atomic E-state index is 9.71. The van der Waals surface area contributed by atoms with Gasteiger partial charge in [0.25, 0.3) is 0 Å². The molecule has 108 valence electrons. The fourth-order valence-corrected chi connectivity index (χ4v) is 1.72. The summed E-state index contributed by atoms with van der Waals surface area (Å²) in [5.74, 6) is 0.487. The van der Waals surface area contributed by atoms with Gasteiger partial charge < -0.3 is 20.3 Å². The number of aliphatic hydroxyl groups is 2. The minimum absolute atomic E-state index is 0.0551. The quantitative estimate of drug-likeness (QED) is 0.631. The van der Waals surface area contributed by atoms with Crippen LogP contribution in [0.5, 0.6) is 0 Å². The summed E-state index contributed by atoms with van der Waals surface area (Å²) >= 11 is 0. The van der Waals surface area contributed by atoms with Crippen LogP contribution in [0.25, 0.3) is 0 Å². The summed E-state index contributed by atoms with van der Waals surface area (Å²) in [6.07, 6.45) is -0.486. The van der Waals surface area contributed by atoms with E-state index < -0.39 is 6.10 Å². The Morgan fingerprint density at radius 3 is 2.63 bits per heavy atom. The van der Waals surface area contributed by atoms with Crippen molar-refractivity contribution < 1.29 is 14.9 Å². The summed E-state index contributed by atoms with van der Waals surface area (Å²) in [5.41, 5.74) is 2.00. The second-order valence-electron chi connectivity index (χ2n) is 5.19. The van der Waals surface area contributed by atoms with Gasteiger partial charge in [0.15, 0.2) is 0 Å². The smallest absolute Gasteiger partial charge is 0.0897 e. The maximum Gasteiger partial charge on any atom is 0.0897 e. The molecular formula is C15H25NO3. The molecule has 0 spiro atoms. The SMILES string of the molecule is CC(C)COCC(O)CNCc1cccc(CO)c1. The van der Waals surface area contributed by atoms with Gasteiger partial charge in [-0.2, -0.15) is 0 Å². The van der Waals surface area contributed by atoms with Crippen LogP contribution in [0.4, 0.5) is 0 Å². The largest absolute Gasteiger partial charge is 0.392 e. The zero-order valence-electron chi connectivity index (χ0n) is 11.8. The van der Waals surface area contributed by atoms with Crippen LogP contribution in [0.1, 0.15) is 25.0 Å². The van der Waals surface area contributed by atoms with Crippen molar-refractivity contribution in [3.8, 4) is 0 Å². The molecule has 0 aliphatic carbocycles. The first-order valence-electron chi connectivity index (χ1n) is 6.77. The van der Waals surface area contributed by atoms with Gasteiger partial charge in [-0.15, -0.1) is 0 Å². The molecule has 0 aliphatic heterocycles. The van der Waals surface area contributed by atoms with E-state index in [1.165, 1.54) is 0 Å². The zero-order chi connectivity index (χ0) is 14.1. The molecular weight excluding hydrogens is 242 g/mol. The van der Waals surface area contributed by atoms with Crippen molar-refractivity contribution in [3.63, 3.8) is 0 Å². The predicted molar refractivity (Wildman–Crippen MR) is 75.7 cm³/mol. The fourth-order valence-electron chi connectivity index (χ4n) is 1.72. The Hall–Kier alpha value is -0.940. The summed E-state index contributed by atoms with van der Waals surface area (Å²) in [6, 6.07) is 7.76. The van der Waals surface area contributed by atoms with Gasteiger partial charge in [-0.05, 0) is 17.0 Å². The minimum atomic E-state index is -0.486. The van der Waals surface area contributed by atoms with Crippen molar-refractivity contribution in [2.45, 2.75) is 33.1 Å². The molecule has 0 amide bonds. The van der Waals surface area contributed by atoms with Gasteiger partial charge in [-0.1, -0.05) is 38.1 Å². The van der Waals surface area contributed by atoms with Crippen LogP contribution in [0.15, 0.2) is 24.3 Å². The standard InChI is InChI=1S/C15H25NO3/c1-12(2)10-19-11-15(18)8-16-7-13-4-3-5-14(6-13)9-17/h3-6,12,15-18H,7-11H2,1-2H3. The van der Waals surface area contributed by atoms with Crippen LogP contribution in [-0.4, -0.2) is 36.1 Å². The van der Waals surface area contributed by atoms with Gasteiger partial charge >= 0.3 is 0 Å². The lowest BCUT2D eigenvalue weighted by Gasteiger charge is -2.13. The van der Waals surface area contributed by atoms with E-state index >= 15 is 0 Å². The minimum Gasteiger partial charge on any atom is -0.392 e. The Morgan fingerprint density at radius 2 is 1.95 bits per heavy atom. The number of hydrogen-bond donors (Lipinski definition) is 3. The van der Waals surface area contributed by atoms with Crippen molar-refractivity contribution in [3.05, 3.63) is 35.4 Å². The molecule has 0 heterocycles. The lowest BCUT2D eigenvalue weighted by Crippen LogP contribution is -2.30. The van der Waals surface area contributed by atoms with Crippen LogP contribution in [0, 0.1) is 5.92 Å². The van der Waals surface area contributed by atoms with Gasteiger partial charge in [-0.3, -0.25) is 0 Å². The topological polar surface area (TPSA) is 61.7 Å². The molecule has 0 saturated heterocycles. The third kappa shape index (κ3) is 7.28. The van der Waals surface area contributed by atoms with E-state index in [0.717, 1.165) is 11.1 Å². The summed E-state index contributed by atoms with van der Waals surface area (Å²) in [7, 11) is 0. The average molecular weight is 267 g/mol. The molecule has 1 unspecified atom stereocenters. The van der Waals surface area contributed by atoms with E-state index in [9.17, 15) is 5.11 Å². The third-order valence-corrected chi connectivity index (χ3v) is 2.64. The molecule has 1 rings (SSSR count). The Labute approximate surface area is 115 Å². The van der Waals surface area contributed by atoms with Gasteiger partial charge in [-0.25, -0.2) is 0 Å². The second kappa shape index (κ2) is 9.04. The van der Waals surface area contributed by atoms with E-state index in [0.29, 0.717) is 32.2 Å². The molecule has 1 aromatic carbocycles. The molecule has 0 aromatic heterocycles. The first-order valence-corrected chi connectivity index (χ1v) is 6.77. The molecule has 4 nitrogen and oxygen atoms in total. The van der Waals surface area contributed by atoms with Crippen LogP contribution >= 0.6 is 0 Å². The summed E-state index contributed by atoms with van der Waals surface area (Å²) in [6.45, 7) is 6.44. The lowest BCUT2D eigenvalue weighted by atomic mass is 10.1. The van der Waals surface area contributed by atoms with Crippen molar-refractivity contribution >= 4 is 0 Å². The average Bonchev–Trinajstić information content (AvgIpc) is 2.38. The Morgan fingerprint density at radius 1 is 1.21 bits per heavy atom. The zero-order valence-corrected chi connectivity index (χ0v) is 11.8. The van der Waals surface area contributed by atoms with Gasteiger partial charge in [0.05, 0.1) is 19.3 Å². The van der Waals surface area contributed by atoms with Crippen LogP contribution < -0.4 is 5.32 Å². The Kier molecular flexibility index (Phi) is 7.67. The molecule has 0 aliphatic rings. The van der Waals surface area contributed by atoms with Crippen LogP contribution in [0.3, 0.4) is 0 Å². The highest BCUT2D eigenvalue weighted by Gasteiger charge is 2.04. The van der Waals surface area contributed by atoms with E-state index in [2.05, 4.69) is 19.2 Å². The van der Waals surface area contributed by atoms with Crippen molar-refractivity contribution in [2.75, 3.05) is 19.8 Å². The number of rotatable bonds is 9. The fraction of sp³-hybridized carbons (Fsp3) is 0.600. The number of ether oxygens (including phenoxy) is 1. The molecule has 1 aromatic rings. The highest BCUT2D eigenvalue weighted by molar-refractivity contribution is 5.22. The summed E-state index contributed by atoms with van der Waals surface area (Å²) < 4.78 is 5.37. The number of nitrogens with one attached hydrogen (secondary N) is 1. The van der Waals surface area contributed by atoms with E-state index in [4.69, 9.17) is 9.84 Å². The van der Waals surface area contributed by atoms with Gasteiger partial charge in [0, 0.05) is 19.7 Å². The molecule has 4 heteroatoms. The normalized spacial score (nSPS) is 12.9.